The number of nitrogens with one attached hydrogen (secondary N) is 1. The number of amides is 2. The zero-order chi connectivity index (χ0) is 21.2. The number of carbonyl (C=O) groups excluding carboxylic acids is 2. The van der Waals surface area contributed by atoms with E-state index in [-0.39, 0.29) is 24.5 Å². The summed E-state index contributed by atoms with van der Waals surface area (Å²) in [5.74, 6) is 0.667. The van der Waals surface area contributed by atoms with E-state index in [0.717, 1.165) is 45.6 Å². The minimum absolute atomic E-state index is 0.00417. The molecule has 3 aliphatic heterocycles. The van der Waals surface area contributed by atoms with Crippen LogP contribution in [0.15, 0.2) is 12.3 Å². The molecule has 0 aromatic carbocycles. The Balaban J connectivity index is 1.27. The molecule has 168 valence electrons. The summed E-state index contributed by atoms with van der Waals surface area (Å²) in [5, 5.41) is 3.08. The van der Waals surface area contributed by atoms with Crippen LogP contribution in [0, 0.1) is 0 Å². The van der Waals surface area contributed by atoms with Gasteiger partial charge < -0.3 is 19.9 Å². The molecule has 2 saturated heterocycles. The summed E-state index contributed by atoms with van der Waals surface area (Å²) in [4.78, 5) is 36.5. The van der Waals surface area contributed by atoms with E-state index in [4.69, 9.17) is 4.74 Å². The number of hydrogen-bond acceptors (Lipinski definition) is 6. The Kier molecular flexibility index (Phi) is 6.09. The van der Waals surface area contributed by atoms with Gasteiger partial charge in [0, 0.05) is 45.0 Å². The number of fused-ring (bicyclic) bond motifs is 1. The summed E-state index contributed by atoms with van der Waals surface area (Å²) >= 11 is 0. The van der Waals surface area contributed by atoms with Crippen molar-refractivity contribution in [3.05, 3.63) is 17.8 Å². The maximum Gasteiger partial charge on any atom is 0.255 e. The molecule has 5 rings (SSSR count). The van der Waals surface area contributed by atoms with Gasteiger partial charge in [0.2, 0.25) is 5.91 Å². The highest BCUT2D eigenvalue weighted by atomic mass is 16.5. The van der Waals surface area contributed by atoms with Crippen molar-refractivity contribution in [3.63, 3.8) is 0 Å². The lowest BCUT2D eigenvalue weighted by Crippen LogP contribution is -2.52. The largest absolute Gasteiger partial charge is 0.376 e. The molecule has 4 heterocycles. The number of hydrogen-bond donors (Lipinski definition) is 1. The average Bonchev–Trinajstić information content (AvgIpc) is 3.34. The van der Waals surface area contributed by atoms with Crippen molar-refractivity contribution in [3.8, 4) is 0 Å². The summed E-state index contributed by atoms with van der Waals surface area (Å²) in [5.41, 5.74) is 1.25. The Hall–Kier alpha value is -2.19. The molecule has 1 unspecified atom stereocenters. The molecule has 8 heteroatoms. The fourth-order valence-corrected chi connectivity index (χ4v) is 5.41. The van der Waals surface area contributed by atoms with Crippen LogP contribution < -0.4 is 10.2 Å². The van der Waals surface area contributed by atoms with Gasteiger partial charge in [-0.25, -0.2) is 4.98 Å². The summed E-state index contributed by atoms with van der Waals surface area (Å²) in [7, 11) is 0. The smallest absolute Gasteiger partial charge is 0.255 e. The number of aromatic nitrogens is 1. The first-order valence-corrected chi connectivity index (χ1v) is 11.9. The van der Waals surface area contributed by atoms with Gasteiger partial charge in [-0.1, -0.05) is 19.3 Å². The van der Waals surface area contributed by atoms with E-state index in [2.05, 4.69) is 15.2 Å². The van der Waals surface area contributed by atoms with Crippen LogP contribution in [0.4, 0.5) is 11.5 Å². The molecule has 1 atom stereocenters. The molecule has 4 aliphatic rings. The Morgan fingerprint density at radius 1 is 1.10 bits per heavy atom. The lowest BCUT2D eigenvalue weighted by Gasteiger charge is -2.40. The molecule has 3 fully saturated rings. The Morgan fingerprint density at radius 2 is 1.90 bits per heavy atom. The Labute approximate surface area is 183 Å². The fourth-order valence-electron chi connectivity index (χ4n) is 5.41. The molecule has 0 spiro atoms. The van der Waals surface area contributed by atoms with E-state index in [1.807, 2.05) is 11.0 Å². The number of piperazine rings is 1. The third-order valence-corrected chi connectivity index (χ3v) is 7.22. The van der Waals surface area contributed by atoms with Crippen molar-refractivity contribution in [2.24, 2.45) is 0 Å². The van der Waals surface area contributed by atoms with Crippen LogP contribution in [0.1, 0.15) is 55.3 Å². The first-order valence-electron chi connectivity index (χ1n) is 11.9. The van der Waals surface area contributed by atoms with Gasteiger partial charge in [-0.15, -0.1) is 0 Å². The zero-order valence-corrected chi connectivity index (χ0v) is 18.2. The lowest BCUT2D eigenvalue weighted by molar-refractivity contribution is -0.117. The highest BCUT2D eigenvalue weighted by Gasteiger charge is 2.31. The molecule has 1 aliphatic carbocycles. The molecule has 2 amide bonds. The number of ether oxygens (including phenoxy) is 1. The number of carbonyl (C=O) groups is 2. The minimum Gasteiger partial charge on any atom is -0.376 e. The van der Waals surface area contributed by atoms with Gasteiger partial charge in [0.1, 0.15) is 5.82 Å². The highest BCUT2D eigenvalue weighted by molar-refractivity contribution is 6.04. The van der Waals surface area contributed by atoms with E-state index < -0.39 is 0 Å². The van der Waals surface area contributed by atoms with Gasteiger partial charge in [0.05, 0.1) is 30.4 Å². The van der Waals surface area contributed by atoms with Gasteiger partial charge in [0.25, 0.3) is 5.91 Å². The first-order chi connectivity index (χ1) is 15.2. The molecular weight excluding hydrogens is 394 g/mol. The van der Waals surface area contributed by atoms with Crippen LogP contribution in [0.25, 0.3) is 0 Å². The molecule has 1 saturated carbocycles. The Morgan fingerprint density at radius 3 is 2.65 bits per heavy atom. The van der Waals surface area contributed by atoms with Gasteiger partial charge in [-0.05, 0) is 31.7 Å². The first kappa shape index (κ1) is 20.7. The molecule has 1 N–H and O–H groups in total. The van der Waals surface area contributed by atoms with Gasteiger partial charge in [-0.3, -0.25) is 14.5 Å². The van der Waals surface area contributed by atoms with Crippen molar-refractivity contribution in [2.75, 3.05) is 56.1 Å². The second-order valence-electron chi connectivity index (χ2n) is 9.20. The third kappa shape index (κ3) is 4.41. The second kappa shape index (κ2) is 9.12. The number of pyridine rings is 1. The summed E-state index contributed by atoms with van der Waals surface area (Å²) < 4.78 is 5.74. The molecule has 31 heavy (non-hydrogen) atoms. The van der Waals surface area contributed by atoms with Crippen LogP contribution in [-0.2, 0) is 9.53 Å². The van der Waals surface area contributed by atoms with E-state index in [0.29, 0.717) is 29.7 Å². The minimum atomic E-state index is -0.00417. The van der Waals surface area contributed by atoms with Crippen LogP contribution in [0.5, 0.6) is 0 Å². The molecule has 0 radical (unpaired) electrons. The van der Waals surface area contributed by atoms with Crippen LogP contribution in [-0.4, -0.2) is 84.6 Å². The van der Waals surface area contributed by atoms with Crippen molar-refractivity contribution in [1.29, 1.82) is 0 Å². The van der Waals surface area contributed by atoms with Crippen molar-refractivity contribution >= 4 is 23.3 Å². The van der Waals surface area contributed by atoms with Crippen LogP contribution in [0.3, 0.4) is 0 Å². The van der Waals surface area contributed by atoms with Crippen LogP contribution in [0.2, 0.25) is 0 Å². The third-order valence-electron chi connectivity index (χ3n) is 7.22. The molecule has 1 aromatic heterocycles. The van der Waals surface area contributed by atoms with Gasteiger partial charge in [-0.2, -0.15) is 0 Å². The quantitative estimate of drug-likeness (QED) is 0.793. The maximum absolute atomic E-state index is 13.2. The van der Waals surface area contributed by atoms with Crippen molar-refractivity contribution in [2.45, 2.75) is 57.1 Å². The van der Waals surface area contributed by atoms with Crippen molar-refractivity contribution in [1.82, 2.24) is 14.8 Å². The lowest BCUT2D eigenvalue weighted by atomic mass is 9.94. The molecular formula is C23H33N5O3. The summed E-state index contributed by atoms with van der Waals surface area (Å²) in [6.45, 7) is 4.89. The molecule has 1 aromatic rings. The standard InChI is InChI=1S/C23H33N5O3/c29-21-15-25-22-20(28(21)16-19-7-4-12-31-19)13-17(14-24-22)23(30)27-10-8-26(9-11-27)18-5-2-1-3-6-18/h13-14,18-19H,1-12,15-16H2,(H,24,25). The van der Waals surface area contributed by atoms with Gasteiger partial charge in [0.15, 0.2) is 0 Å². The fraction of sp³-hybridized carbons (Fsp3) is 0.696. The number of anilines is 2. The number of rotatable bonds is 4. The second-order valence-corrected chi connectivity index (χ2v) is 9.20. The summed E-state index contributed by atoms with van der Waals surface area (Å²) in [6, 6.07) is 2.52. The predicted molar refractivity (Wildman–Crippen MR) is 118 cm³/mol. The van der Waals surface area contributed by atoms with E-state index in [1.165, 1.54) is 32.1 Å². The number of nitrogens with zero attached hydrogens (tertiary/aromatic N) is 4. The zero-order valence-electron chi connectivity index (χ0n) is 18.2. The van der Waals surface area contributed by atoms with Crippen LogP contribution >= 0.6 is 0 Å². The maximum atomic E-state index is 13.2. The average molecular weight is 428 g/mol. The van der Waals surface area contributed by atoms with E-state index >= 15 is 0 Å². The normalized spacial score (nSPS) is 25.4. The van der Waals surface area contributed by atoms with Gasteiger partial charge >= 0.3 is 0 Å². The van der Waals surface area contributed by atoms with E-state index in [9.17, 15) is 9.59 Å². The van der Waals surface area contributed by atoms with Crippen molar-refractivity contribution < 1.29 is 14.3 Å². The monoisotopic (exact) mass is 427 g/mol. The van der Waals surface area contributed by atoms with E-state index in [1.54, 1.807) is 11.1 Å². The topological polar surface area (TPSA) is 78.0 Å². The highest BCUT2D eigenvalue weighted by Crippen LogP contribution is 2.30. The predicted octanol–water partition coefficient (Wildman–Crippen LogP) is 2.11. The SMILES string of the molecule is O=C(c1cnc2c(c1)N(CC1CCCO1)C(=O)CN2)N1CCN(C2CCCCC2)CC1. The molecule has 8 nitrogen and oxygen atoms in total. The summed E-state index contributed by atoms with van der Waals surface area (Å²) in [6.07, 6.45) is 10.3. The Bertz CT molecular complexity index is 811. The molecule has 0 bridgehead atoms.